The summed E-state index contributed by atoms with van der Waals surface area (Å²) in [6, 6.07) is 5.38. The molecule has 0 aliphatic rings. The van der Waals surface area contributed by atoms with Crippen LogP contribution in [0.3, 0.4) is 0 Å². The van der Waals surface area contributed by atoms with Crippen molar-refractivity contribution in [2.24, 2.45) is 0 Å². The molecule has 0 unspecified atom stereocenters. The molecule has 0 amide bonds. The third-order valence-corrected chi connectivity index (χ3v) is 1.56. The lowest BCUT2D eigenvalue weighted by Gasteiger charge is -1.99. The van der Waals surface area contributed by atoms with Gasteiger partial charge >= 0.3 is 0 Å². The van der Waals surface area contributed by atoms with Crippen LogP contribution in [-0.4, -0.2) is 20.1 Å². The van der Waals surface area contributed by atoms with E-state index < -0.39 is 0 Å². The Bertz CT molecular complexity index is 403. The molecule has 1 radical (unpaired) electrons. The van der Waals surface area contributed by atoms with Gasteiger partial charge in [0.15, 0.2) is 12.1 Å². The maximum atomic E-state index is 9.38. The van der Waals surface area contributed by atoms with Gasteiger partial charge in [-0.15, -0.1) is 0 Å². The monoisotopic (exact) mass is 172 g/mol. The van der Waals surface area contributed by atoms with Gasteiger partial charge in [-0.2, -0.15) is 0 Å². The van der Waals surface area contributed by atoms with Crippen LogP contribution in [0.5, 0.6) is 5.75 Å². The van der Waals surface area contributed by atoms with Crippen molar-refractivity contribution in [1.82, 2.24) is 15.0 Å². The molecule has 0 saturated heterocycles. The average Bonchev–Trinajstić information content (AvgIpc) is 2.20. The second kappa shape index (κ2) is 3.18. The van der Waals surface area contributed by atoms with Crippen LogP contribution >= 0.6 is 0 Å². The van der Waals surface area contributed by atoms with Crippen molar-refractivity contribution in [1.29, 1.82) is 0 Å². The van der Waals surface area contributed by atoms with Crippen molar-refractivity contribution in [2.75, 3.05) is 0 Å². The minimum atomic E-state index is 0.0115. The molecule has 0 aliphatic carbocycles. The molecule has 0 aliphatic heterocycles. The lowest BCUT2D eigenvalue weighted by Crippen LogP contribution is -1.88. The Kier molecular flexibility index (Phi) is 1.88. The summed E-state index contributed by atoms with van der Waals surface area (Å²) in [5.74, 6) is 0.0115. The van der Waals surface area contributed by atoms with Gasteiger partial charge in [0.25, 0.3) is 0 Å². The summed E-state index contributed by atoms with van der Waals surface area (Å²) in [7, 11) is 0. The van der Waals surface area contributed by atoms with E-state index in [9.17, 15) is 5.11 Å². The highest BCUT2D eigenvalue weighted by molar-refractivity contribution is 5.60. The van der Waals surface area contributed by atoms with Crippen LogP contribution < -0.4 is 0 Å². The molecule has 0 saturated carbocycles. The SMILES string of the molecule is Oc1cn[c]nc1-c1ccccn1. The van der Waals surface area contributed by atoms with E-state index in [-0.39, 0.29) is 5.75 Å². The van der Waals surface area contributed by atoms with Crippen molar-refractivity contribution in [3.8, 4) is 17.1 Å². The molecular weight excluding hydrogens is 166 g/mol. The molecule has 0 atom stereocenters. The summed E-state index contributed by atoms with van der Waals surface area (Å²) in [6.45, 7) is 0. The number of rotatable bonds is 1. The molecule has 0 fully saturated rings. The van der Waals surface area contributed by atoms with Crippen LogP contribution in [-0.2, 0) is 0 Å². The number of hydrogen-bond donors (Lipinski definition) is 1. The van der Waals surface area contributed by atoms with Crippen LogP contribution in [0.1, 0.15) is 0 Å². The summed E-state index contributed by atoms with van der Waals surface area (Å²) >= 11 is 0. The van der Waals surface area contributed by atoms with Crippen LogP contribution in [0.25, 0.3) is 11.4 Å². The quantitative estimate of drug-likeness (QED) is 0.698. The van der Waals surface area contributed by atoms with Crippen LogP contribution in [0, 0.1) is 6.33 Å². The van der Waals surface area contributed by atoms with E-state index in [0.29, 0.717) is 11.4 Å². The first-order valence-electron chi connectivity index (χ1n) is 3.71. The van der Waals surface area contributed by atoms with Crippen molar-refractivity contribution >= 4 is 0 Å². The Morgan fingerprint density at radius 1 is 1.31 bits per heavy atom. The molecule has 4 nitrogen and oxygen atoms in total. The standard InChI is InChI=1S/C9H6N3O/c13-8-5-10-6-12-9(8)7-3-1-2-4-11-7/h1-5,13H. The topological polar surface area (TPSA) is 58.9 Å². The minimum Gasteiger partial charge on any atom is -0.504 e. The number of nitrogens with zero attached hydrogens (tertiary/aromatic N) is 3. The van der Waals surface area contributed by atoms with Gasteiger partial charge in [-0.3, -0.25) is 4.98 Å². The van der Waals surface area contributed by atoms with Crippen LogP contribution in [0.2, 0.25) is 0 Å². The first-order valence-corrected chi connectivity index (χ1v) is 3.71. The highest BCUT2D eigenvalue weighted by Crippen LogP contribution is 2.22. The maximum absolute atomic E-state index is 9.38. The smallest absolute Gasteiger partial charge is 0.198 e. The molecule has 4 heteroatoms. The van der Waals surface area contributed by atoms with E-state index in [1.54, 1.807) is 18.3 Å². The number of pyridine rings is 1. The normalized spacial score (nSPS) is 9.85. The first kappa shape index (κ1) is 7.67. The Morgan fingerprint density at radius 2 is 2.23 bits per heavy atom. The maximum Gasteiger partial charge on any atom is 0.198 e. The summed E-state index contributed by atoms with van der Waals surface area (Å²) in [6.07, 6.45) is 5.32. The van der Waals surface area contributed by atoms with Gasteiger partial charge in [-0.25, -0.2) is 9.97 Å². The zero-order valence-corrected chi connectivity index (χ0v) is 6.68. The molecule has 0 bridgehead atoms. The van der Waals surface area contributed by atoms with Gasteiger partial charge < -0.3 is 5.11 Å². The van der Waals surface area contributed by atoms with Gasteiger partial charge in [0.1, 0.15) is 5.69 Å². The number of aromatic hydroxyl groups is 1. The van der Waals surface area contributed by atoms with Crippen molar-refractivity contribution in [2.45, 2.75) is 0 Å². The third-order valence-electron chi connectivity index (χ3n) is 1.56. The van der Waals surface area contributed by atoms with Crippen molar-refractivity contribution in [3.05, 3.63) is 36.9 Å². The number of hydrogen-bond acceptors (Lipinski definition) is 4. The fourth-order valence-corrected chi connectivity index (χ4v) is 0.979. The van der Waals surface area contributed by atoms with E-state index in [1.165, 1.54) is 6.20 Å². The van der Waals surface area contributed by atoms with E-state index in [0.717, 1.165) is 0 Å². The molecule has 63 valence electrons. The zero-order chi connectivity index (χ0) is 9.10. The highest BCUT2D eigenvalue weighted by atomic mass is 16.3. The minimum absolute atomic E-state index is 0.0115. The lowest BCUT2D eigenvalue weighted by molar-refractivity contribution is 0.471. The molecule has 0 aromatic carbocycles. The fraction of sp³-hybridized carbons (Fsp3) is 0. The second-order valence-corrected chi connectivity index (χ2v) is 2.42. The Labute approximate surface area is 74.9 Å². The lowest BCUT2D eigenvalue weighted by atomic mass is 10.2. The van der Waals surface area contributed by atoms with E-state index in [1.807, 2.05) is 6.07 Å². The summed E-state index contributed by atoms with van der Waals surface area (Å²) in [5.41, 5.74) is 1.01. The highest BCUT2D eigenvalue weighted by Gasteiger charge is 2.05. The summed E-state index contributed by atoms with van der Waals surface area (Å²) in [4.78, 5) is 11.4. The van der Waals surface area contributed by atoms with Crippen LogP contribution in [0.4, 0.5) is 0 Å². The molecule has 2 aromatic rings. The molecule has 1 N–H and O–H groups in total. The Balaban J connectivity index is 2.54. The average molecular weight is 172 g/mol. The van der Waals surface area contributed by atoms with Gasteiger partial charge in [-0.1, -0.05) is 6.07 Å². The Morgan fingerprint density at radius 3 is 2.92 bits per heavy atom. The van der Waals surface area contributed by atoms with Crippen LogP contribution in [0.15, 0.2) is 30.6 Å². The molecule has 0 spiro atoms. The van der Waals surface area contributed by atoms with Gasteiger partial charge in [0.05, 0.1) is 11.9 Å². The Hall–Kier alpha value is -1.97. The zero-order valence-electron chi connectivity index (χ0n) is 6.68. The van der Waals surface area contributed by atoms with Crippen molar-refractivity contribution < 1.29 is 5.11 Å². The fourth-order valence-electron chi connectivity index (χ4n) is 0.979. The molecule has 2 heterocycles. The molecular formula is C9H6N3O. The van der Waals surface area contributed by atoms with Gasteiger partial charge in [0.2, 0.25) is 0 Å². The first-order chi connectivity index (χ1) is 6.38. The second-order valence-electron chi connectivity index (χ2n) is 2.42. The molecule has 2 rings (SSSR count). The molecule has 2 aromatic heterocycles. The van der Waals surface area contributed by atoms with E-state index in [4.69, 9.17) is 0 Å². The summed E-state index contributed by atoms with van der Waals surface area (Å²) in [5, 5.41) is 9.38. The van der Waals surface area contributed by atoms with Crippen molar-refractivity contribution in [3.63, 3.8) is 0 Å². The largest absolute Gasteiger partial charge is 0.504 e. The predicted molar refractivity (Wildman–Crippen MR) is 45.8 cm³/mol. The predicted octanol–water partition coefficient (Wildman–Crippen LogP) is 1.04. The van der Waals surface area contributed by atoms with E-state index in [2.05, 4.69) is 21.3 Å². The summed E-state index contributed by atoms with van der Waals surface area (Å²) < 4.78 is 0. The van der Waals surface area contributed by atoms with E-state index >= 15 is 0 Å². The third kappa shape index (κ3) is 1.46. The van der Waals surface area contributed by atoms with Gasteiger partial charge in [-0.05, 0) is 12.1 Å². The molecule has 13 heavy (non-hydrogen) atoms. The van der Waals surface area contributed by atoms with Gasteiger partial charge in [0, 0.05) is 6.20 Å². The number of aromatic nitrogens is 3.